The molecule has 2 rings (SSSR count). The summed E-state index contributed by atoms with van der Waals surface area (Å²) in [7, 11) is 0. The third-order valence-electron chi connectivity index (χ3n) is 3.20. The van der Waals surface area contributed by atoms with Crippen LogP contribution in [0.2, 0.25) is 0 Å². The summed E-state index contributed by atoms with van der Waals surface area (Å²) in [6, 6.07) is 6.22. The topological polar surface area (TPSA) is 21.3 Å². The van der Waals surface area contributed by atoms with Gasteiger partial charge in [-0.3, -0.25) is 0 Å². The van der Waals surface area contributed by atoms with Gasteiger partial charge in [-0.2, -0.15) is 0 Å². The zero-order chi connectivity index (χ0) is 13.2. The summed E-state index contributed by atoms with van der Waals surface area (Å²) in [5.41, 5.74) is 0.531. The lowest BCUT2D eigenvalue weighted by atomic mass is 10.2. The minimum Gasteiger partial charge on any atom is -0.405 e. The van der Waals surface area contributed by atoms with Crippen LogP contribution in [0, 0.1) is 11.8 Å². The molecule has 1 fully saturated rings. The number of halogens is 3. The number of hydrogen-bond donors (Lipinski definition) is 1. The van der Waals surface area contributed by atoms with Crippen LogP contribution >= 0.6 is 0 Å². The molecule has 1 aliphatic carbocycles. The Labute approximate surface area is 104 Å². The molecule has 0 aromatic heterocycles. The number of rotatable bonds is 5. The minimum absolute atomic E-state index is 0.124. The Morgan fingerprint density at radius 3 is 2.61 bits per heavy atom. The van der Waals surface area contributed by atoms with Gasteiger partial charge in [-0.05, 0) is 30.9 Å². The summed E-state index contributed by atoms with van der Waals surface area (Å²) in [5.74, 6) is 1.28. The average Bonchev–Trinajstić information content (AvgIpc) is 2.95. The fourth-order valence-corrected chi connectivity index (χ4v) is 1.95. The molecule has 1 aliphatic rings. The summed E-state index contributed by atoms with van der Waals surface area (Å²) >= 11 is 0. The molecule has 0 bridgehead atoms. The molecule has 18 heavy (non-hydrogen) atoms. The van der Waals surface area contributed by atoms with Gasteiger partial charge in [-0.25, -0.2) is 0 Å². The molecule has 0 spiro atoms. The van der Waals surface area contributed by atoms with Gasteiger partial charge in [-0.1, -0.05) is 25.1 Å². The van der Waals surface area contributed by atoms with Crippen LogP contribution in [-0.2, 0) is 6.54 Å². The van der Waals surface area contributed by atoms with Gasteiger partial charge >= 0.3 is 6.36 Å². The zero-order valence-electron chi connectivity index (χ0n) is 10.1. The van der Waals surface area contributed by atoms with Gasteiger partial charge in [0.1, 0.15) is 5.75 Å². The van der Waals surface area contributed by atoms with Crippen LogP contribution in [0.4, 0.5) is 13.2 Å². The summed E-state index contributed by atoms with van der Waals surface area (Å²) in [6.45, 7) is 3.42. The quantitative estimate of drug-likeness (QED) is 0.875. The van der Waals surface area contributed by atoms with Gasteiger partial charge < -0.3 is 10.1 Å². The van der Waals surface area contributed by atoms with E-state index in [4.69, 9.17) is 0 Å². The molecule has 2 unspecified atom stereocenters. The maximum atomic E-state index is 12.2. The fourth-order valence-electron chi connectivity index (χ4n) is 1.95. The Morgan fingerprint density at radius 1 is 1.33 bits per heavy atom. The van der Waals surface area contributed by atoms with E-state index in [1.54, 1.807) is 12.1 Å². The van der Waals surface area contributed by atoms with Crippen LogP contribution in [0.15, 0.2) is 24.3 Å². The third kappa shape index (κ3) is 3.91. The van der Waals surface area contributed by atoms with Gasteiger partial charge in [0.25, 0.3) is 0 Å². The molecule has 0 amide bonds. The van der Waals surface area contributed by atoms with E-state index in [-0.39, 0.29) is 5.75 Å². The van der Waals surface area contributed by atoms with E-state index in [9.17, 15) is 13.2 Å². The van der Waals surface area contributed by atoms with Crippen LogP contribution < -0.4 is 10.1 Å². The molecule has 1 aromatic carbocycles. The highest BCUT2D eigenvalue weighted by atomic mass is 19.4. The first-order chi connectivity index (χ1) is 8.46. The third-order valence-corrected chi connectivity index (χ3v) is 3.20. The number of ether oxygens (including phenoxy) is 1. The standard InChI is InChI=1S/C13H16F3NO/c1-9-6-11(9)8-17-7-10-4-2-3-5-12(10)18-13(14,15)16/h2-5,9,11,17H,6-8H2,1H3. The normalized spacial score (nSPS) is 22.9. The van der Waals surface area contributed by atoms with Gasteiger partial charge in [0.05, 0.1) is 0 Å². The molecule has 100 valence electrons. The van der Waals surface area contributed by atoms with Crippen LogP contribution in [0.25, 0.3) is 0 Å². The van der Waals surface area contributed by atoms with E-state index < -0.39 is 6.36 Å². The molecule has 2 atom stereocenters. The lowest BCUT2D eigenvalue weighted by Gasteiger charge is -2.13. The monoisotopic (exact) mass is 259 g/mol. The van der Waals surface area contributed by atoms with Crippen molar-refractivity contribution in [3.05, 3.63) is 29.8 Å². The van der Waals surface area contributed by atoms with E-state index in [0.29, 0.717) is 18.0 Å². The summed E-state index contributed by atoms with van der Waals surface area (Å²) in [5, 5.41) is 3.17. The smallest absolute Gasteiger partial charge is 0.405 e. The largest absolute Gasteiger partial charge is 0.573 e. The van der Waals surface area contributed by atoms with Crippen molar-refractivity contribution in [2.45, 2.75) is 26.3 Å². The van der Waals surface area contributed by atoms with Crippen LogP contribution in [-0.4, -0.2) is 12.9 Å². The Balaban J connectivity index is 1.90. The van der Waals surface area contributed by atoms with Gasteiger partial charge in [0.2, 0.25) is 0 Å². The maximum Gasteiger partial charge on any atom is 0.573 e. The number of alkyl halides is 3. The second kappa shape index (κ2) is 5.18. The van der Waals surface area contributed by atoms with Crippen molar-refractivity contribution in [3.8, 4) is 5.75 Å². The first-order valence-electron chi connectivity index (χ1n) is 6.00. The van der Waals surface area contributed by atoms with Crippen LogP contribution in [0.3, 0.4) is 0 Å². The fraction of sp³-hybridized carbons (Fsp3) is 0.538. The van der Waals surface area contributed by atoms with Crippen molar-refractivity contribution >= 4 is 0 Å². The molecule has 1 saturated carbocycles. The second-order valence-corrected chi connectivity index (χ2v) is 4.76. The molecule has 0 radical (unpaired) electrons. The number of benzene rings is 1. The Kier molecular flexibility index (Phi) is 3.80. The molecular weight excluding hydrogens is 243 g/mol. The van der Waals surface area contributed by atoms with Crippen molar-refractivity contribution in [1.29, 1.82) is 0 Å². The highest BCUT2D eigenvalue weighted by molar-refractivity contribution is 5.33. The van der Waals surface area contributed by atoms with Crippen LogP contribution in [0.1, 0.15) is 18.9 Å². The zero-order valence-corrected chi connectivity index (χ0v) is 10.1. The van der Waals surface area contributed by atoms with E-state index in [2.05, 4.69) is 17.0 Å². The van der Waals surface area contributed by atoms with Crippen molar-refractivity contribution in [3.63, 3.8) is 0 Å². The van der Waals surface area contributed by atoms with E-state index in [1.807, 2.05) is 0 Å². The Bertz CT molecular complexity index is 405. The van der Waals surface area contributed by atoms with Crippen molar-refractivity contribution < 1.29 is 17.9 Å². The van der Waals surface area contributed by atoms with Crippen LogP contribution in [0.5, 0.6) is 5.75 Å². The first-order valence-corrected chi connectivity index (χ1v) is 6.00. The maximum absolute atomic E-state index is 12.2. The lowest BCUT2D eigenvalue weighted by Crippen LogP contribution is -2.21. The molecule has 0 saturated heterocycles. The number of nitrogens with one attached hydrogen (secondary N) is 1. The van der Waals surface area contributed by atoms with Gasteiger partial charge in [0, 0.05) is 12.1 Å². The molecule has 1 N–H and O–H groups in total. The van der Waals surface area contributed by atoms with E-state index in [1.165, 1.54) is 18.6 Å². The highest BCUT2D eigenvalue weighted by Gasteiger charge is 2.33. The average molecular weight is 259 g/mol. The molecule has 1 aromatic rings. The summed E-state index contributed by atoms with van der Waals surface area (Å²) in [4.78, 5) is 0. The highest BCUT2D eigenvalue weighted by Crippen LogP contribution is 2.36. The molecule has 2 nitrogen and oxygen atoms in total. The Morgan fingerprint density at radius 2 is 2.00 bits per heavy atom. The first kappa shape index (κ1) is 13.2. The van der Waals surface area contributed by atoms with Crippen molar-refractivity contribution in [2.24, 2.45) is 11.8 Å². The van der Waals surface area contributed by atoms with Crippen molar-refractivity contribution in [2.75, 3.05) is 6.54 Å². The Hall–Kier alpha value is -1.23. The predicted octanol–water partition coefficient (Wildman–Crippen LogP) is 3.33. The van der Waals surface area contributed by atoms with E-state index in [0.717, 1.165) is 12.5 Å². The van der Waals surface area contributed by atoms with Gasteiger partial charge in [0.15, 0.2) is 0 Å². The number of para-hydroxylation sites is 1. The number of hydrogen-bond acceptors (Lipinski definition) is 2. The van der Waals surface area contributed by atoms with Gasteiger partial charge in [-0.15, -0.1) is 13.2 Å². The molecule has 0 heterocycles. The summed E-state index contributed by atoms with van der Waals surface area (Å²) < 4.78 is 40.6. The molecule has 5 heteroatoms. The van der Waals surface area contributed by atoms with Crippen molar-refractivity contribution in [1.82, 2.24) is 5.32 Å². The second-order valence-electron chi connectivity index (χ2n) is 4.76. The SMILES string of the molecule is CC1CC1CNCc1ccccc1OC(F)(F)F. The predicted molar refractivity (Wildman–Crippen MR) is 62.1 cm³/mol. The van der Waals surface area contributed by atoms with E-state index >= 15 is 0 Å². The summed E-state index contributed by atoms with van der Waals surface area (Å²) in [6.07, 6.45) is -3.44. The minimum atomic E-state index is -4.64. The lowest BCUT2D eigenvalue weighted by molar-refractivity contribution is -0.274. The molecular formula is C13H16F3NO. The molecule has 0 aliphatic heterocycles.